The van der Waals surface area contributed by atoms with Crippen molar-refractivity contribution in [2.24, 2.45) is 0 Å². The number of nitrogens with zero attached hydrogens (tertiary/aromatic N) is 1. The van der Waals surface area contributed by atoms with Crippen LogP contribution in [0.15, 0.2) is 34.9 Å². The number of carbonyl (C=O) groups excluding carboxylic acids is 1. The lowest BCUT2D eigenvalue weighted by Crippen LogP contribution is -2.26. The fourth-order valence-corrected chi connectivity index (χ4v) is 2.87. The SMILES string of the molecule is O=C(CCc1ncc(-c2ccc(F)cc2)o1)NCCCOCC1CCCO1. The van der Waals surface area contributed by atoms with Crippen LogP contribution in [-0.2, 0) is 20.7 Å². The van der Waals surface area contributed by atoms with Gasteiger partial charge in [0.05, 0.1) is 18.9 Å². The van der Waals surface area contributed by atoms with Crippen molar-refractivity contribution in [1.29, 1.82) is 0 Å². The predicted octanol–water partition coefficient (Wildman–Crippen LogP) is 3.12. The van der Waals surface area contributed by atoms with Gasteiger partial charge in [-0.05, 0) is 43.5 Å². The zero-order valence-electron chi connectivity index (χ0n) is 15.3. The van der Waals surface area contributed by atoms with E-state index >= 15 is 0 Å². The van der Waals surface area contributed by atoms with Gasteiger partial charge in [-0.1, -0.05) is 0 Å². The van der Waals surface area contributed by atoms with Crippen molar-refractivity contribution in [3.8, 4) is 11.3 Å². The van der Waals surface area contributed by atoms with Crippen molar-refractivity contribution < 1.29 is 23.1 Å². The predicted molar refractivity (Wildman–Crippen MR) is 97.6 cm³/mol. The standard InChI is InChI=1S/C20H25FN2O4/c21-16-6-4-15(5-7-16)18-13-23-20(27-18)9-8-19(24)22-10-2-11-25-14-17-3-1-12-26-17/h4-7,13,17H,1-3,8-12,14H2,(H,22,24). The van der Waals surface area contributed by atoms with E-state index in [1.807, 2.05) is 0 Å². The number of hydrogen-bond acceptors (Lipinski definition) is 5. The Labute approximate surface area is 158 Å². The quantitative estimate of drug-likeness (QED) is 0.645. The Morgan fingerprint density at radius 1 is 1.33 bits per heavy atom. The second-order valence-electron chi connectivity index (χ2n) is 6.54. The summed E-state index contributed by atoms with van der Waals surface area (Å²) >= 11 is 0. The summed E-state index contributed by atoms with van der Waals surface area (Å²) in [4.78, 5) is 16.1. The van der Waals surface area contributed by atoms with Crippen LogP contribution in [0, 0.1) is 5.82 Å². The van der Waals surface area contributed by atoms with Gasteiger partial charge in [-0.25, -0.2) is 9.37 Å². The van der Waals surface area contributed by atoms with Crippen molar-refractivity contribution in [3.05, 3.63) is 42.2 Å². The molecule has 0 spiro atoms. The molecule has 1 aliphatic rings. The van der Waals surface area contributed by atoms with Gasteiger partial charge >= 0.3 is 0 Å². The van der Waals surface area contributed by atoms with Gasteiger partial charge in [0.1, 0.15) is 5.82 Å². The largest absolute Gasteiger partial charge is 0.441 e. The lowest BCUT2D eigenvalue weighted by Gasteiger charge is -2.10. The summed E-state index contributed by atoms with van der Waals surface area (Å²) in [6.07, 6.45) is 5.50. The molecule has 7 heteroatoms. The normalized spacial score (nSPS) is 16.6. The average molecular weight is 376 g/mol. The summed E-state index contributed by atoms with van der Waals surface area (Å²) < 4.78 is 29.6. The van der Waals surface area contributed by atoms with Gasteiger partial charge in [-0.2, -0.15) is 0 Å². The smallest absolute Gasteiger partial charge is 0.220 e. The monoisotopic (exact) mass is 376 g/mol. The molecule has 1 aromatic heterocycles. The Morgan fingerprint density at radius 2 is 2.19 bits per heavy atom. The van der Waals surface area contributed by atoms with Crippen molar-refractivity contribution >= 4 is 5.91 Å². The molecule has 0 aliphatic carbocycles. The Kier molecular flexibility index (Phi) is 7.36. The van der Waals surface area contributed by atoms with E-state index in [2.05, 4.69) is 10.3 Å². The van der Waals surface area contributed by atoms with Crippen molar-refractivity contribution in [3.63, 3.8) is 0 Å². The van der Waals surface area contributed by atoms with Crippen LogP contribution in [-0.4, -0.2) is 43.4 Å². The second kappa shape index (κ2) is 10.2. The molecule has 146 valence electrons. The highest BCUT2D eigenvalue weighted by Crippen LogP contribution is 2.21. The van der Waals surface area contributed by atoms with Crippen molar-refractivity contribution in [2.75, 3.05) is 26.4 Å². The van der Waals surface area contributed by atoms with Crippen LogP contribution in [0.4, 0.5) is 4.39 Å². The molecule has 0 bridgehead atoms. The number of ether oxygens (including phenoxy) is 2. The summed E-state index contributed by atoms with van der Waals surface area (Å²) in [5, 5.41) is 2.86. The highest BCUT2D eigenvalue weighted by molar-refractivity contribution is 5.76. The molecule has 2 aromatic rings. The zero-order chi connectivity index (χ0) is 18.9. The minimum atomic E-state index is -0.299. The lowest BCUT2D eigenvalue weighted by molar-refractivity contribution is -0.121. The Balaban J connectivity index is 1.28. The molecular formula is C20H25FN2O4. The van der Waals surface area contributed by atoms with Gasteiger partial charge in [0.25, 0.3) is 0 Å². The van der Waals surface area contributed by atoms with Crippen LogP contribution < -0.4 is 5.32 Å². The molecule has 1 amide bonds. The van der Waals surface area contributed by atoms with E-state index in [9.17, 15) is 9.18 Å². The van der Waals surface area contributed by atoms with Gasteiger partial charge < -0.3 is 19.2 Å². The number of rotatable bonds is 10. The number of carbonyl (C=O) groups is 1. The number of amides is 1. The van der Waals surface area contributed by atoms with E-state index in [1.165, 1.54) is 12.1 Å². The third-order valence-corrected chi connectivity index (χ3v) is 4.36. The van der Waals surface area contributed by atoms with E-state index in [0.717, 1.165) is 31.4 Å². The van der Waals surface area contributed by atoms with Crippen LogP contribution in [0.2, 0.25) is 0 Å². The number of hydrogen-bond donors (Lipinski definition) is 1. The van der Waals surface area contributed by atoms with Gasteiger partial charge in [0.2, 0.25) is 5.91 Å². The van der Waals surface area contributed by atoms with Gasteiger partial charge in [0.15, 0.2) is 11.7 Å². The Morgan fingerprint density at radius 3 is 2.96 bits per heavy atom. The first-order valence-corrected chi connectivity index (χ1v) is 9.37. The van der Waals surface area contributed by atoms with E-state index in [-0.39, 0.29) is 17.8 Å². The number of benzene rings is 1. The summed E-state index contributed by atoms with van der Waals surface area (Å²) in [6.45, 7) is 2.66. The zero-order valence-corrected chi connectivity index (χ0v) is 15.3. The van der Waals surface area contributed by atoms with Crippen molar-refractivity contribution in [2.45, 2.75) is 38.2 Å². The lowest BCUT2D eigenvalue weighted by atomic mass is 10.2. The molecule has 2 heterocycles. The third-order valence-electron chi connectivity index (χ3n) is 4.36. The number of aryl methyl sites for hydroxylation is 1. The maximum Gasteiger partial charge on any atom is 0.220 e. The fourth-order valence-electron chi connectivity index (χ4n) is 2.87. The number of halogens is 1. The molecule has 1 N–H and O–H groups in total. The maximum atomic E-state index is 13.0. The first kappa shape index (κ1) is 19.5. The van der Waals surface area contributed by atoms with E-state index < -0.39 is 0 Å². The first-order valence-electron chi connectivity index (χ1n) is 9.37. The molecule has 0 saturated carbocycles. The highest BCUT2D eigenvalue weighted by atomic mass is 19.1. The Bertz CT molecular complexity index is 711. The van der Waals surface area contributed by atoms with E-state index in [0.29, 0.717) is 44.3 Å². The second-order valence-corrected chi connectivity index (χ2v) is 6.54. The van der Waals surface area contributed by atoms with E-state index in [1.54, 1.807) is 18.3 Å². The molecule has 27 heavy (non-hydrogen) atoms. The average Bonchev–Trinajstić information content (AvgIpc) is 3.35. The number of nitrogens with one attached hydrogen (secondary N) is 1. The Hall–Kier alpha value is -2.25. The maximum absolute atomic E-state index is 13.0. The topological polar surface area (TPSA) is 73.6 Å². The molecule has 1 aromatic carbocycles. The van der Waals surface area contributed by atoms with Crippen LogP contribution in [0.5, 0.6) is 0 Å². The molecule has 3 rings (SSSR count). The fraction of sp³-hybridized carbons (Fsp3) is 0.500. The molecule has 0 radical (unpaired) electrons. The molecule has 1 atom stereocenters. The first-order chi connectivity index (χ1) is 13.2. The minimum Gasteiger partial charge on any atom is -0.441 e. The molecule has 1 fully saturated rings. The molecular weight excluding hydrogens is 351 g/mol. The summed E-state index contributed by atoms with van der Waals surface area (Å²) in [7, 11) is 0. The van der Waals surface area contributed by atoms with Crippen LogP contribution in [0.1, 0.15) is 31.6 Å². The highest BCUT2D eigenvalue weighted by Gasteiger charge is 2.15. The molecule has 1 aliphatic heterocycles. The molecule has 6 nitrogen and oxygen atoms in total. The summed E-state index contributed by atoms with van der Waals surface area (Å²) in [6, 6.07) is 6.01. The number of aromatic nitrogens is 1. The van der Waals surface area contributed by atoms with Gasteiger partial charge in [-0.3, -0.25) is 4.79 Å². The van der Waals surface area contributed by atoms with Gasteiger partial charge in [-0.15, -0.1) is 0 Å². The molecule has 1 saturated heterocycles. The molecule has 1 unspecified atom stereocenters. The van der Waals surface area contributed by atoms with Gasteiger partial charge in [0, 0.05) is 38.2 Å². The number of oxazole rings is 1. The summed E-state index contributed by atoms with van der Waals surface area (Å²) in [5.74, 6) is 0.709. The van der Waals surface area contributed by atoms with E-state index in [4.69, 9.17) is 13.9 Å². The van der Waals surface area contributed by atoms with Crippen LogP contribution in [0.25, 0.3) is 11.3 Å². The van der Waals surface area contributed by atoms with Crippen LogP contribution >= 0.6 is 0 Å². The van der Waals surface area contributed by atoms with Crippen molar-refractivity contribution in [1.82, 2.24) is 10.3 Å². The summed E-state index contributed by atoms with van der Waals surface area (Å²) in [5.41, 5.74) is 0.752. The minimum absolute atomic E-state index is 0.0457. The van der Waals surface area contributed by atoms with Crippen LogP contribution in [0.3, 0.4) is 0 Å². The third kappa shape index (κ3) is 6.45.